The van der Waals surface area contributed by atoms with Gasteiger partial charge < -0.3 is 9.59 Å². The average Bonchev–Trinajstić information content (AvgIpc) is 1.31. The Bertz CT molecular complexity index is 53.6. The van der Waals surface area contributed by atoms with E-state index in [9.17, 15) is 0 Å². The standard InChI is InChI=1S/C5H13NO/c1-5(7)6(2,3)4/h5,7H,1H2,2-4H3/q+1. The first-order valence-electron chi connectivity index (χ1n) is 2.27. The van der Waals surface area contributed by atoms with Crippen molar-refractivity contribution in [1.29, 1.82) is 0 Å². The minimum absolute atomic E-state index is 0.500. The van der Waals surface area contributed by atoms with E-state index in [1.165, 1.54) is 0 Å². The van der Waals surface area contributed by atoms with E-state index in [0.29, 0.717) is 4.48 Å². The van der Waals surface area contributed by atoms with Gasteiger partial charge in [-0.15, -0.1) is 0 Å². The topological polar surface area (TPSA) is 20.2 Å². The van der Waals surface area contributed by atoms with Crippen molar-refractivity contribution in [2.24, 2.45) is 0 Å². The van der Waals surface area contributed by atoms with Crippen LogP contribution < -0.4 is 0 Å². The second-order valence-electron chi connectivity index (χ2n) is 2.60. The van der Waals surface area contributed by atoms with Gasteiger partial charge >= 0.3 is 0 Å². The van der Waals surface area contributed by atoms with Crippen LogP contribution in [0.15, 0.2) is 0 Å². The summed E-state index contributed by atoms with van der Waals surface area (Å²) in [5, 5.41) is 8.75. The molecule has 0 aliphatic heterocycles. The maximum atomic E-state index is 8.75. The Balaban J connectivity index is 3.54. The first-order chi connectivity index (χ1) is 2.94. The zero-order valence-electron chi connectivity index (χ0n) is 5.18. The van der Waals surface area contributed by atoms with Crippen LogP contribution in [0, 0.1) is 6.92 Å². The molecule has 2 heteroatoms. The molecule has 0 aliphatic carbocycles. The van der Waals surface area contributed by atoms with Crippen molar-refractivity contribution in [1.82, 2.24) is 0 Å². The highest BCUT2D eigenvalue weighted by Crippen LogP contribution is 1.94. The van der Waals surface area contributed by atoms with Gasteiger partial charge in [-0.05, 0) is 0 Å². The third-order valence-corrected chi connectivity index (χ3v) is 0.894. The first-order valence-corrected chi connectivity index (χ1v) is 2.27. The van der Waals surface area contributed by atoms with Crippen molar-refractivity contribution < 1.29 is 9.59 Å². The summed E-state index contributed by atoms with van der Waals surface area (Å²) < 4.78 is 0.500. The summed E-state index contributed by atoms with van der Waals surface area (Å²) in [4.78, 5) is 0. The number of aliphatic hydroxyl groups is 1. The predicted molar refractivity (Wildman–Crippen MR) is 29.4 cm³/mol. The van der Waals surface area contributed by atoms with E-state index in [2.05, 4.69) is 6.92 Å². The van der Waals surface area contributed by atoms with Gasteiger partial charge in [-0.2, -0.15) is 0 Å². The molecule has 1 atom stereocenters. The van der Waals surface area contributed by atoms with Gasteiger partial charge in [0.05, 0.1) is 21.1 Å². The van der Waals surface area contributed by atoms with Gasteiger partial charge in [-0.25, -0.2) is 0 Å². The lowest BCUT2D eigenvalue weighted by atomic mass is 10.5. The smallest absolute Gasteiger partial charge is 0.190 e. The van der Waals surface area contributed by atoms with E-state index in [1.807, 2.05) is 21.1 Å². The van der Waals surface area contributed by atoms with Crippen LogP contribution in [0.3, 0.4) is 0 Å². The minimum Gasteiger partial charge on any atom is -0.345 e. The Hall–Kier alpha value is -0.0800. The number of nitrogens with zero attached hydrogens (tertiary/aromatic N) is 1. The van der Waals surface area contributed by atoms with Crippen LogP contribution in [0.4, 0.5) is 0 Å². The molecular formula is C5H13NO+. The fourth-order valence-electron chi connectivity index (χ4n) is 0. The number of hydrogen-bond acceptors (Lipinski definition) is 1. The Morgan fingerprint density at radius 2 is 1.57 bits per heavy atom. The van der Waals surface area contributed by atoms with Crippen LogP contribution in [0.5, 0.6) is 0 Å². The van der Waals surface area contributed by atoms with Crippen LogP contribution in [-0.4, -0.2) is 37.0 Å². The van der Waals surface area contributed by atoms with Crippen molar-refractivity contribution in [2.45, 2.75) is 6.23 Å². The molecule has 0 saturated heterocycles. The monoisotopic (exact) mass is 103 g/mol. The molecule has 0 spiro atoms. The molecule has 0 rings (SSSR count). The van der Waals surface area contributed by atoms with Crippen molar-refractivity contribution >= 4 is 0 Å². The van der Waals surface area contributed by atoms with Crippen LogP contribution in [0.2, 0.25) is 0 Å². The SMILES string of the molecule is [CH2]C(O)[N+](C)(C)C. The van der Waals surface area contributed by atoms with Gasteiger partial charge in [0.2, 0.25) is 0 Å². The number of hydrogen-bond donors (Lipinski definition) is 1. The lowest BCUT2D eigenvalue weighted by Crippen LogP contribution is -2.43. The second-order valence-corrected chi connectivity index (χ2v) is 2.60. The lowest BCUT2D eigenvalue weighted by molar-refractivity contribution is -0.911. The molecule has 0 aromatic heterocycles. The quantitative estimate of drug-likeness (QED) is 0.361. The van der Waals surface area contributed by atoms with Crippen LogP contribution >= 0.6 is 0 Å². The number of rotatable bonds is 1. The molecule has 0 amide bonds. The molecule has 43 valence electrons. The molecule has 1 N–H and O–H groups in total. The van der Waals surface area contributed by atoms with Gasteiger partial charge in [0, 0.05) is 6.92 Å². The Kier molecular flexibility index (Phi) is 1.78. The highest BCUT2D eigenvalue weighted by molar-refractivity contribution is 4.36. The molecule has 1 radical (unpaired) electrons. The largest absolute Gasteiger partial charge is 0.345 e. The molecule has 2 nitrogen and oxygen atoms in total. The van der Waals surface area contributed by atoms with Gasteiger partial charge in [0.25, 0.3) is 0 Å². The summed E-state index contributed by atoms with van der Waals surface area (Å²) in [6.07, 6.45) is -0.514. The van der Waals surface area contributed by atoms with E-state index >= 15 is 0 Å². The van der Waals surface area contributed by atoms with E-state index in [1.54, 1.807) is 0 Å². The summed E-state index contributed by atoms with van der Waals surface area (Å²) in [6.45, 7) is 3.44. The molecule has 0 heterocycles. The van der Waals surface area contributed by atoms with Gasteiger partial charge in [-0.1, -0.05) is 0 Å². The zero-order chi connectivity index (χ0) is 6.08. The summed E-state index contributed by atoms with van der Waals surface area (Å²) >= 11 is 0. The van der Waals surface area contributed by atoms with Gasteiger partial charge in [0.15, 0.2) is 6.23 Å². The molecule has 7 heavy (non-hydrogen) atoms. The number of quaternary nitrogens is 1. The summed E-state index contributed by atoms with van der Waals surface area (Å²) in [5.41, 5.74) is 0. The molecule has 0 aliphatic rings. The van der Waals surface area contributed by atoms with E-state index in [-0.39, 0.29) is 0 Å². The Morgan fingerprint density at radius 3 is 1.57 bits per heavy atom. The predicted octanol–water partition coefficient (Wildman–Crippen LogP) is -0.155. The van der Waals surface area contributed by atoms with Crippen molar-refractivity contribution in [3.63, 3.8) is 0 Å². The van der Waals surface area contributed by atoms with Gasteiger partial charge in [0.1, 0.15) is 0 Å². The third kappa shape index (κ3) is 2.60. The van der Waals surface area contributed by atoms with Crippen molar-refractivity contribution in [3.8, 4) is 0 Å². The van der Waals surface area contributed by atoms with Crippen LogP contribution in [0.1, 0.15) is 0 Å². The fourth-order valence-corrected chi connectivity index (χ4v) is 0. The third-order valence-electron chi connectivity index (χ3n) is 0.894. The summed E-state index contributed by atoms with van der Waals surface area (Å²) in [7, 11) is 5.66. The average molecular weight is 103 g/mol. The van der Waals surface area contributed by atoms with Crippen LogP contribution in [0.25, 0.3) is 0 Å². The van der Waals surface area contributed by atoms with Crippen LogP contribution in [-0.2, 0) is 0 Å². The molecule has 0 aromatic rings. The minimum atomic E-state index is -0.514. The first kappa shape index (κ1) is 6.92. The molecule has 0 fully saturated rings. The molecule has 0 saturated carbocycles. The fraction of sp³-hybridized carbons (Fsp3) is 0.800. The lowest BCUT2D eigenvalue weighted by Gasteiger charge is -2.26. The maximum absolute atomic E-state index is 8.75. The molecule has 0 aromatic carbocycles. The molecule has 1 unspecified atom stereocenters. The van der Waals surface area contributed by atoms with E-state index in [4.69, 9.17) is 5.11 Å². The maximum Gasteiger partial charge on any atom is 0.190 e. The van der Waals surface area contributed by atoms with Crippen molar-refractivity contribution in [2.75, 3.05) is 21.1 Å². The Morgan fingerprint density at radius 1 is 1.43 bits per heavy atom. The summed E-state index contributed by atoms with van der Waals surface area (Å²) in [5.74, 6) is 0. The number of aliphatic hydroxyl groups excluding tert-OH is 1. The highest BCUT2D eigenvalue weighted by Gasteiger charge is 2.12. The molecule has 0 bridgehead atoms. The van der Waals surface area contributed by atoms with Crippen molar-refractivity contribution in [3.05, 3.63) is 6.92 Å². The normalized spacial score (nSPS) is 16.7. The molecular weight excluding hydrogens is 90.1 g/mol. The van der Waals surface area contributed by atoms with Gasteiger partial charge in [-0.3, -0.25) is 0 Å². The summed E-state index contributed by atoms with van der Waals surface area (Å²) in [6, 6.07) is 0. The second kappa shape index (κ2) is 1.80. The Labute approximate surface area is 45.0 Å². The van der Waals surface area contributed by atoms with E-state index in [0.717, 1.165) is 0 Å². The highest BCUT2D eigenvalue weighted by atomic mass is 16.3. The van der Waals surface area contributed by atoms with E-state index < -0.39 is 6.23 Å². The zero-order valence-corrected chi connectivity index (χ0v) is 5.18.